The van der Waals surface area contributed by atoms with E-state index in [2.05, 4.69) is 43.3 Å². The van der Waals surface area contributed by atoms with Crippen LogP contribution in [0.2, 0.25) is 0 Å². The number of rotatable bonds is 7. The molecule has 0 heterocycles. The Hall–Kier alpha value is -0.340. The minimum absolute atomic E-state index is 0.759. The Labute approximate surface area is 94.7 Å². The van der Waals surface area contributed by atoms with Gasteiger partial charge in [0.1, 0.15) is 0 Å². The standard InChI is InChI=1S/C13H26N2/c1-12(2)10-14-8-9-15(3)11-13-6-4-5-7-13/h4-5,12-14H,6-11H2,1-3H3. The Balaban J connectivity index is 1.96. The molecule has 0 aromatic carbocycles. The number of nitrogens with one attached hydrogen (secondary N) is 1. The second-order valence-electron chi connectivity index (χ2n) is 5.17. The summed E-state index contributed by atoms with van der Waals surface area (Å²) in [6.45, 7) is 9.18. The van der Waals surface area contributed by atoms with E-state index in [1.54, 1.807) is 0 Å². The fraction of sp³-hybridized carbons (Fsp3) is 0.846. The van der Waals surface area contributed by atoms with Crippen molar-refractivity contribution < 1.29 is 0 Å². The van der Waals surface area contributed by atoms with Gasteiger partial charge in [0.2, 0.25) is 0 Å². The molecule has 0 aromatic heterocycles. The third-order valence-corrected chi connectivity index (χ3v) is 2.90. The molecule has 2 heteroatoms. The normalized spacial score (nSPS) is 17.1. The van der Waals surface area contributed by atoms with Crippen molar-refractivity contribution in [3.8, 4) is 0 Å². The maximum Gasteiger partial charge on any atom is 0.0104 e. The van der Waals surface area contributed by atoms with Crippen LogP contribution in [0.25, 0.3) is 0 Å². The summed E-state index contributed by atoms with van der Waals surface area (Å²) in [5.74, 6) is 1.63. The molecule has 15 heavy (non-hydrogen) atoms. The first kappa shape index (κ1) is 12.7. The first-order valence-corrected chi connectivity index (χ1v) is 6.22. The van der Waals surface area contributed by atoms with E-state index < -0.39 is 0 Å². The van der Waals surface area contributed by atoms with Crippen molar-refractivity contribution in [2.24, 2.45) is 11.8 Å². The summed E-state index contributed by atoms with van der Waals surface area (Å²) in [5, 5.41) is 3.48. The molecule has 0 fully saturated rings. The average Bonchev–Trinajstić information content (AvgIpc) is 2.64. The van der Waals surface area contributed by atoms with Gasteiger partial charge >= 0.3 is 0 Å². The lowest BCUT2D eigenvalue weighted by atomic mass is 10.1. The van der Waals surface area contributed by atoms with E-state index in [1.807, 2.05) is 0 Å². The molecular weight excluding hydrogens is 184 g/mol. The van der Waals surface area contributed by atoms with Crippen LogP contribution in [-0.2, 0) is 0 Å². The monoisotopic (exact) mass is 210 g/mol. The summed E-state index contributed by atoms with van der Waals surface area (Å²) < 4.78 is 0. The molecule has 0 unspecified atom stereocenters. The highest BCUT2D eigenvalue weighted by Gasteiger charge is 2.12. The first-order chi connectivity index (χ1) is 7.18. The van der Waals surface area contributed by atoms with Gasteiger partial charge in [0.15, 0.2) is 0 Å². The smallest absolute Gasteiger partial charge is 0.0104 e. The van der Waals surface area contributed by atoms with E-state index in [1.165, 1.54) is 25.9 Å². The van der Waals surface area contributed by atoms with E-state index >= 15 is 0 Å². The van der Waals surface area contributed by atoms with Crippen LogP contribution in [0.1, 0.15) is 26.7 Å². The predicted molar refractivity (Wildman–Crippen MR) is 67.1 cm³/mol. The number of hydrogen-bond donors (Lipinski definition) is 1. The van der Waals surface area contributed by atoms with E-state index in [4.69, 9.17) is 0 Å². The summed E-state index contributed by atoms with van der Waals surface area (Å²) in [6, 6.07) is 0. The van der Waals surface area contributed by atoms with Crippen LogP contribution >= 0.6 is 0 Å². The molecule has 0 atom stereocenters. The molecule has 0 saturated heterocycles. The van der Waals surface area contributed by atoms with E-state index in [0.29, 0.717) is 0 Å². The predicted octanol–water partition coefficient (Wildman–Crippen LogP) is 2.13. The zero-order chi connectivity index (χ0) is 11.1. The number of hydrogen-bond acceptors (Lipinski definition) is 2. The first-order valence-electron chi connectivity index (χ1n) is 6.22. The molecule has 0 bridgehead atoms. The van der Waals surface area contributed by atoms with Crippen molar-refractivity contribution in [2.75, 3.05) is 33.2 Å². The number of nitrogens with zero attached hydrogens (tertiary/aromatic N) is 1. The Morgan fingerprint density at radius 3 is 2.60 bits per heavy atom. The highest BCUT2D eigenvalue weighted by molar-refractivity contribution is 4.94. The van der Waals surface area contributed by atoms with Gasteiger partial charge in [-0.2, -0.15) is 0 Å². The van der Waals surface area contributed by atoms with Crippen LogP contribution in [0.15, 0.2) is 12.2 Å². The maximum atomic E-state index is 3.48. The number of likely N-dealkylation sites (N-methyl/N-ethyl adjacent to an activating group) is 1. The SMILES string of the molecule is CC(C)CNCCN(C)CC1CC=CC1. The highest BCUT2D eigenvalue weighted by atomic mass is 15.1. The quantitative estimate of drug-likeness (QED) is 0.511. The Kier molecular flexibility index (Phi) is 5.96. The molecule has 88 valence electrons. The highest BCUT2D eigenvalue weighted by Crippen LogP contribution is 2.17. The summed E-state index contributed by atoms with van der Waals surface area (Å²) in [6.07, 6.45) is 7.19. The van der Waals surface area contributed by atoms with Crippen LogP contribution in [0, 0.1) is 11.8 Å². The topological polar surface area (TPSA) is 15.3 Å². The average molecular weight is 210 g/mol. The molecule has 0 aliphatic heterocycles. The third kappa shape index (κ3) is 5.95. The Morgan fingerprint density at radius 2 is 2.00 bits per heavy atom. The molecule has 0 aromatic rings. The second kappa shape index (κ2) is 7.02. The summed E-state index contributed by atoms with van der Waals surface area (Å²) in [5.41, 5.74) is 0. The molecule has 1 rings (SSSR count). The zero-order valence-corrected chi connectivity index (χ0v) is 10.5. The van der Waals surface area contributed by atoms with Crippen LogP contribution in [0.5, 0.6) is 0 Å². The van der Waals surface area contributed by atoms with Crippen molar-refractivity contribution in [1.29, 1.82) is 0 Å². The van der Waals surface area contributed by atoms with Crippen LogP contribution in [0.4, 0.5) is 0 Å². The molecule has 0 amide bonds. The Bertz CT molecular complexity index is 179. The van der Waals surface area contributed by atoms with Gasteiger partial charge < -0.3 is 10.2 Å². The fourth-order valence-corrected chi connectivity index (χ4v) is 2.02. The van der Waals surface area contributed by atoms with Gasteiger partial charge in [-0.25, -0.2) is 0 Å². The van der Waals surface area contributed by atoms with Crippen molar-refractivity contribution in [2.45, 2.75) is 26.7 Å². The lowest BCUT2D eigenvalue weighted by Crippen LogP contribution is -2.33. The lowest BCUT2D eigenvalue weighted by molar-refractivity contribution is 0.280. The van der Waals surface area contributed by atoms with E-state index in [0.717, 1.165) is 24.9 Å². The minimum atomic E-state index is 0.759. The summed E-state index contributed by atoms with van der Waals surface area (Å²) >= 11 is 0. The molecule has 0 spiro atoms. The number of allylic oxidation sites excluding steroid dienone is 2. The van der Waals surface area contributed by atoms with Gasteiger partial charge in [-0.3, -0.25) is 0 Å². The van der Waals surface area contributed by atoms with Crippen molar-refractivity contribution in [1.82, 2.24) is 10.2 Å². The second-order valence-corrected chi connectivity index (χ2v) is 5.17. The van der Waals surface area contributed by atoms with Gasteiger partial charge in [0.25, 0.3) is 0 Å². The van der Waals surface area contributed by atoms with Crippen molar-refractivity contribution >= 4 is 0 Å². The van der Waals surface area contributed by atoms with Crippen LogP contribution in [0.3, 0.4) is 0 Å². The molecule has 1 aliphatic carbocycles. The van der Waals surface area contributed by atoms with Crippen molar-refractivity contribution in [3.63, 3.8) is 0 Å². The van der Waals surface area contributed by atoms with Gasteiger partial charge in [-0.15, -0.1) is 0 Å². The molecular formula is C13H26N2. The van der Waals surface area contributed by atoms with Crippen LogP contribution in [-0.4, -0.2) is 38.1 Å². The minimum Gasteiger partial charge on any atom is -0.315 e. The molecule has 2 nitrogen and oxygen atoms in total. The maximum absolute atomic E-state index is 3.48. The molecule has 1 N–H and O–H groups in total. The third-order valence-electron chi connectivity index (χ3n) is 2.90. The van der Waals surface area contributed by atoms with Gasteiger partial charge in [-0.05, 0) is 38.3 Å². The molecule has 0 saturated carbocycles. The molecule has 1 aliphatic rings. The molecule has 0 radical (unpaired) electrons. The van der Waals surface area contributed by atoms with Crippen molar-refractivity contribution in [3.05, 3.63) is 12.2 Å². The van der Waals surface area contributed by atoms with E-state index in [-0.39, 0.29) is 0 Å². The van der Waals surface area contributed by atoms with Gasteiger partial charge in [-0.1, -0.05) is 26.0 Å². The lowest BCUT2D eigenvalue weighted by Gasteiger charge is -2.21. The van der Waals surface area contributed by atoms with Crippen LogP contribution < -0.4 is 5.32 Å². The van der Waals surface area contributed by atoms with Gasteiger partial charge in [0, 0.05) is 19.6 Å². The summed E-state index contributed by atoms with van der Waals surface area (Å²) in [4.78, 5) is 2.45. The fourth-order valence-electron chi connectivity index (χ4n) is 2.02. The largest absolute Gasteiger partial charge is 0.315 e. The van der Waals surface area contributed by atoms with E-state index in [9.17, 15) is 0 Å². The van der Waals surface area contributed by atoms with Gasteiger partial charge in [0.05, 0.1) is 0 Å². The Morgan fingerprint density at radius 1 is 1.33 bits per heavy atom. The summed E-state index contributed by atoms with van der Waals surface area (Å²) in [7, 11) is 2.23. The zero-order valence-electron chi connectivity index (χ0n) is 10.5.